The van der Waals surface area contributed by atoms with E-state index in [2.05, 4.69) is 6.92 Å². The third kappa shape index (κ3) is 5.53. The Morgan fingerprint density at radius 2 is 1.73 bits per heavy atom. The minimum Gasteiger partial charge on any atom is -0.390 e. The molecule has 0 amide bonds. The highest BCUT2D eigenvalue weighted by molar-refractivity contribution is 4.71. The summed E-state index contributed by atoms with van der Waals surface area (Å²) < 4.78 is 5.78. The zero-order valence-corrected chi connectivity index (χ0v) is 10.1. The minimum atomic E-state index is -0.222. The van der Waals surface area contributed by atoms with Crippen LogP contribution in [0.25, 0.3) is 0 Å². The Morgan fingerprint density at radius 3 is 2.47 bits per heavy atom. The number of aliphatic hydroxyl groups excluding tert-OH is 1. The van der Waals surface area contributed by atoms with Gasteiger partial charge in [-0.1, -0.05) is 45.4 Å². The minimum absolute atomic E-state index is 0.106. The van der Waals surface area contributed by atoms with Gasteiger partial charge >= 0.3 is 0 Å². The number of rotatable bonds is 4. The monoisotopic (exact) mass is 214 g/mol. The molecule has 0 aliphatic heterocycles. The van der Waals surface area contributed by atoms with Crippen LogP contribution in [0.5, 0.6) is 0 Å². The van der Waals surface area contributed by atoms with Gasteiger partial charge in [-0.25, -0.2) is 0 Å². The zero-order valence-electron chi connectivity index (χ0n) is 10.1. The lowest BCUT2D eigenvalue weighted by Crippen LogP contribution is -2.29. The standard InChI is InChI=1S/C13H26O2/c1-2-3-11-15-13-10-8-6-4-5-7-9-12(13)14/h12-14H,2-11H2,1H3. The van der Waals surface area contributed by atoms with E-state index in [-0.39, 0.29) is 12.2 Å². The maximum atomic E-state index is 9.97. The van der Waals surface area contributed by atoms with Crippen molar-refractivity contribution >= 4 is 0 Å². The molecule has 15 heavy (non-hydrogen) atoms. The number of ether oxygens (including phenoxy) is 1. The summed E-state index contributed by atoms with van der Waals surface area (Å²) in [6.45, 7) is 2.99. The van der Waals surface area contributed by atoms with E-state index in [1.807, 2.05) is 0 Å². The van der Waals surface area contributed by atoms with Gasteiger partial charge in [0.2, 0.25) is 0 Å². The Kier molecular flexibility index (Phi) is 7.03. The molecule has 0 radical (unpaired) electrons. The molecule has 0 saturated heterocycles. The fourth-order valence-corrected chi connectivity index (χ4v) is 2.18. The topological polar surface area (TPSA) is 29.5 Å². The molecule has 0 bridgehead atoms. The fourth-order valence-electron chi connectivity index (χ4n) is 2.18. The van der Waals surface area contributed by atoms with Crippen LogP contribution in [0, 0.1) is 0 Å². The van der Waals surface area contributed by atoms with Gasteiger partial charge in [-0.15, -0.1) is 0 Å². The molecule has 0 heterocycles. The van der Waals surface area contributed by atoms with Crippen LogP contribution >= 0.6 is 0 Å². The summed E-state index contributed by atoms with van der Waals surface area (Å²) in [5.74, 6) is 0. The van der Waals surface area contributed by atoms with E-state index in [0.717, 1.165) is 32.3 Å². The van der Waals surface area contributed by atoms with Crippen LogP contribution in [0.2, 0.25) is 0 Å². The van der Waals surface area contributed by atoms with Crippen LogP contribution in [0.3, 0.4) is 0 Å². The van der Waals surface area contributed by atoms with Crippen molar-refractivity contribution in [2.75, 3.05) is 6.61 Å². The fraction of sp³-hybridized carbons (Fsp3) is 1.00. The first-order valence-corrected chi connectivity index (χ1v) is 6.64. The van der Waals surface area contributed by atoms with Crippen molar-refractivity contribution < 1.29 is 9.84 Å². The van der Waals surface area contributed by atoms with Gasteiger partial charge in [0.1, 0.15) is 0 Å². The molecule has 1 saturated carbocycles. The van der Waals surface area contributed by atoms with E-state index >= 15 is 0 Å². The van der Waals surface area contributed by atoms with Crippen molar-refractivity contribution in [3.63, 3.8) is 0 Å². The molecule has 1 rings (SSSR count). The van der Waals surface area contributed by atoms with Gasteiger partial charge < -0.3 is 9.84 Å². The lowest BCUT2D eigenvalue weighted by Gasteiger charge is -2.22. The van der Waals surface area contributed by atoms with Crippen LogP contribution in [-0.2, 0) is 4.74 Å². The van der Waals surface area contributed by atoms with Crippen molar-refractivity contribution in [3.8, 4) is 0 Å². The predicted molar refractivity (Wildman–Crippen MR) is 63.0 cm³/mol. The number of aliphatic hydroxyl groups is 1. The van der Waals surface area contributed by atoms with Crippen LogP contribution in [0.15, 0.2) is 0 Å². The van der Waals surface area contributed by atoms with Crippen molar-refractivity contribution in [3.05, 3.63) is 0 Å². The van der Waals surface area contributed by atoms with Crippen LogP contribution in [-0.4, -0.2) is 23.9 Å². The maximum Gasteiger partial charge on any atom is 0.0833 e. The first-order chi connectivity index (χ1) is 7.34. The van der Waals surface area contributed by atoms with E-state index in [4.69, 9.17) is 4.74 Å². The number of unbranched alkanes of at least 4 members (excludes halogenated alkanes) is 1. The molecular weight excluding hydrogens is 188 g/mol. The number of hydrogen-bond acceptors (Lipinski definition) is 2. The SMILES string of the molecule is CCCCOC1CCCCCCCC1O. The molecule has 0 spiro atoms. The smallest absolute Gasteiger partial charge is 0.0833 e. The maximum absolute atomic E-state index is 9.97. The molecular formula is C13H26O2. The molecule has 1 aliphatic rings. The average Bonchev–Trinajstić information content (AvgIpc) is 2.33. The second-order valence-corrected chi connectivity index (χ2v) is 4.68. The quantitative estimate of drug-likeness (QED) is 0.728. The predicted octanol–water partition coefficient (Wildman–Crippen LogP) is 3.28. The van der Waals surface area contributed by atoms with E-state index in [9.17, 15) is 5.11 Å². The molecule has 2 unspecified atom stereocenters. The third-order valence-electron chi connectivity index (χ3n) is 3.25. The lowest BCUT2D eigenvalue weighted by atomic mass is 10.0. The van der Waals surface area contributed by atoms with Gasteiger partial charge in [-0.2, -0.15) is 0 Å². The van der Waals surface area contributed by atoms with E-state index in [1.54, 1.807) is 0 Å². The zero-order chi connectivity index (χ0) is 10.9. The van der Waals surface area contributed by atoms with Gasteiger partial charge in [0.25, 0.3) is 0 Å². The molecule has 0 aromatic carbocycles. The molecule has 90 valence electrons. The highest BCUT2D eigenvalue weighted by Gasteiger charge is 2.20. The Bertz CT molecular complexity index is 147. The molecule has 1 aliphatic carbocycles. The van der Waals surface area contributed by atoms with Gasteiger partial charge in [-0.3, -0.25) is 0 Å². The first kappa shape index (κ1) is 13.0. The highest BCUT2D eigenvalue weighted by Crippen LogP contribution is 2.20. The van der Waals surface area contributed by atoms with Crippen LogP contribution < -0.4 is 0 Å². The van der Waals surface area contributed by atoms with Gasteiger partial charge in [0.05, 0.1) is 12.2 Å². The van der Waals surface area contributed by atoms with Crippen LogP contribution in [0.1, 0.15) is 64.7 Å². The molecule has 0 aromatic heterocycles. The van der Waals surface area contributed by atoms with Crippen molar-refractivity contribution in [2.45, 2.75) is 76.9 Å². The van der Waals surface area contributed by atoms with Crippen LogP contribution in [0.4, 0.5) is 0 Å². The summed E-state index contributed by atoms with van der Waals surface area (Å²) in [5, 5.41) is 9.97. The van der Waals surface area contributed by atoms with Crippen molar-refractivity contribution in [1.29, 1.82) is 0 Å². The van der Waals surface area contributed by atoms with E-state index in [0.29, 0.717) is 0 Å². The first-order valence-electron chi connectivity index (χ1n) is 6.64. The number of hydrogen-bond donors (Lipinski definition) is 1. The summed E-state index contributed by atoms with van der Waals surface area (Å²) >= 11 is 0. The highest BCUT2D eigenvalue weighted by atomic mass is 16.5. The van der Waals surface area contributed by atoms with E-state index < -0.39 is 0 Å². The van der Waals surface area contributed by atoms with E-state index in [1.165, 1.54) is 32.1 Å². The van der Waals surface area contributed by atoms with Crippen molar-refractivity contribution in [2.24, 2.45) is 0 Å². The summed E-state index contributed by atoms with van der Waals surface area (Å²) in [5.41, 5.74) is 0. The van der Waals surface area contributed by atoms with Gasteiger partial charge in [0, 0.05) is 6.61 Å². The third-order valence-corrected chi connectivity index (χ3v) is 3.25. The summed E-state index contributed by atoms with van der Waals surface area (Å²) in [4.78, 5) is 0. The molecule has 2 atom stereocenters. The Hall–Kier alpha value is -0.0800. The Morgan fingerprint density at radius 1 is 1.07 bits per heavy atom. The molecule has 2 heteroatoms. The lowest BCUT2D eigenvalue weighted by molar-refractivity contribution is -0.0456. The van der Waals surface area contributed by atoms with Gasteiger partial charge in [-0.05, 0) is 19.3 Å². The molecule has 2 nitrogen and oxygen atoms in total. The summed E-state index contributed by atoms with van der Waals surface area (Å²) in [7, 11) is 0. The Labute approximate surface area is 94.0 Å². The normalized spacial score (nSPS) is 29.2. The average molecular weight is 214 g/mol. The second-order valence-electron chi connectivity index (χ2n) is 4.68. The van der Waals surface area contributed by atoms with Gasteiger partial charge in [0.15, 0.2) is 0 Å². The molecule has 0 aromatic rings. The summed E-state index contributed by atoms with van der Waals surface area (Å²) in [6, 6.07) is 0. The van der Waals surface area contributed by atoms with Crippen molar-refractivity contribution in [1.82, 2.24) is 0 Å². The largest absolute Gasteiger partial charge is 0.390 e. The molecule has 1 fully saturated rings. The molecule has 1 N–H and O–H groups in total. The Balaban J connectivity index is 2.27. The summed E-state index contributed by atoms with van der Waals surface area (Å²) in [6.07, 6.45) is 10.4. The second kappa shape index (κ2) is 8.12.